The van der Waals surface area contributed by atoms with E-state index in [1.165, 1.54) is 0 Å². The molecule has 0 spiro atoms. The van der Waals surface area contributed by atoms with Gasteiger partial charge in [-0.3, -0.25) is 4.57 Å². The summed E-state index contributed by atoms with van der Waals surface area (Å²) in [6, 6.07) is 5.66. The number of imidazole rings is 1. The number of aromatic nitrogens is 4. The van der Waals surface area contributed by atoms with Crippen molar-refractivity contribution in [3.8, 4) is 0 Å². The van der Waals surface area contributed by atoms with Crippen LogP contribution >= 0.6 is 23.2 Å². The molecule has 0 radical (unpaired) electrons. The fourth-order valence-electron chi connectivity index (χ4n) is 4.11. The van der Waals surface area contributed by atoms with E-state index in [0.29, 0.717) is 27.9 Å². The number of halogens is 2. The average Bonchev–Trinajstić information content (AvgIpc) is 3.03. The number of anilines is 3. The molecule has 2 aromatic heterocycles. The number of benzene rings is 1. The third-order valence-corrected chi connectivity index (χ3v) is 5.99. The smallest absolute Gasteiger partial charge is 0.225 e. The Bertz CT molecular complexity index is 1050. The maximum Gasteiger partial charge on any atom is 0.225 e. The molecule has 1 aliphatic rings. The molecule has 0 aliphatic heterocycles. The van der Waals surface area contributed by atoms with E-state index in [4.69, 9.17) is 38.9 Å². The van der Waals surface area contributed by atoms with Gasteiger partial charge in [-0.25, -0.2) is 9.97 Å². The Kier molecular flexibility index (Phi) is 6.28. The molecule has 0 amide bonds. The molecule has 1 fully saturated rings. The van der Waals surface area contributed by atoms with Gasteiger partial charge < -0.3 is 16.4 Å². The zero-order valence-corrected chi connectivity index (χ0v) is 19.6. The second-order valence-electron chi connectivity index (χ2n) is 9.28. The largest absolute Gasteiger partial charge is 0.350 e. The molecule has 7 nitrogen and oxygen atoms in total. The van der Waals surface area contributed by atoms with Crippen molar-refractivity contribution < 1.29 is 0 Å². The lowest BCUT2D eigenvalue weighted by Gasteiger charge is -2.30. The SMILES string of the molecule is CC(C)(C)Nc1ncc2nc(Nc3cc(Cl)cc(Cl)c3)n([C@H]3CC[C@H](CN)CC3)c2n1. The van der Waals surface area contributed by atoms with E-state index in [-0.39, 0.29) is 11.6 Å². The molecule has 0 atom stereocenters. The maximum atomic E-state index is 6.20. The lowest BCUT2D eigenvalue weighted by molar-refractivity contribution is 0.284. The second-order valence-corrected chi connectivity index (χ2v) is 10.1. The molecule has 9 heteroatoms. The summed E-state index contributed by atoms with van der Waals surface area (Å²) in [6.45, 7) is 7.00. The van der Waals surface area contributed by atoms with Crippen LogP contribution in [-0.2, 0) is 0 Å². The maximum absolute atomic E-state index is 6.20. The topological polar surface area (TPSA) is 93.7 Å². The van der Waals surface area contributed by atoms with Crippen LogP contribution < -0.4 is 16.4 Å². The summed E-state index contributed by atoms with van der Waals surface area (Å²) in [7, 11) is 0. The Balaban J connectivity index is 1.76. The molecule has 0 bridgehead atoms. The van der Waals surface area contributed by atoms with Crippen LogP contribution in [0, 0.1) is 5.92 Å². The molecule has 0 saturated heterocycles. The van der Waals surface area contributed by atoms with Gasteiger partial charge in [0.2, 0.25) is 11.9 Å². The van der Waals surface area contributed by atoms with Gasteiger partial charge in [-0.1, -0.05) is 23.2 Å². The van der Waals surface area contributed by atoms with E-state index in [0.717, 1.165) is 49.1 Å². The van der Waals surface area contributed by atoms with Gasteiger partial charge in [-0.2, -0.15) is 4.98 Å². The highest BCUT2D eigenvalue weighted by Gasteiger charge is 2.27. The molecule has 31 heavy (non-hydrogen) atoms. The minimum absolute atomic E-state index is 0.143. The predicted octanol–water partition coefficient (Wildman–Crippen LogP) is 5.78. The van der Waals surface area contributed by atoms with Crippen molar-refractivity contribution >= 4 is 51.9 Å². The fourth-order valence-corrected chi connectivity index (χ4v) is 4.64. The molecule has 166 valence electrons. The monoisotopic (exact) mass is 461 g/mol. The molecular weight excluding hydrogens is 433 g/mol. The van der Waals surface area contributed by atoms with Gasteiger partial charge in [0, 0.05) is 27.3 Å². The van der Waals surface area contributed by atoms with E-state index in [2.05, 4.69) is 41.0 Å². The van der Waals surface area contributed by atoms with Gasteiger partial charge in [0.1, 0.15) is 5.52 Å². The van der Waals surface area contributed by atoms with Crippen molar-refractivity contribution in [1.82, 2.24) is 19.5 Å². The van der Waals surface area contributed by atoms with E-state index in [1.54, 1.807) is 12.3 Å². The summed E-state index contributed by atoms with van der Waals surface area (Å²) in [5.41, 5.74) is 8.11. The van der Waals surface area contributed by atoms with Crippen molar-refractivity contribution in [2.45, 2.75) is 58.0 Å². The van der Waals surface area contributed by atoms with Gasteiger partial charge in [0.15, 0.2) is 5.65 Å². The van der Waals surface area contributed by atoms with Crippen molar-refractivity contribution in [3.05, 3.63) is 34.4 Å². The van der Waals surface area contributed by atoms with Crippen LogP contribution in [0.5, 0.6) is 0 Å². The zero-order chi connectivity index (χ0) is 22.2. The Morgan fingerprint density at radius 1 is 1.06 bits per heavy atom. The Morgan fingerprint density at radius 3 is 2.35 bits per heavy atom. The van der Waals surface area contributed by atoms with E-state index in [9.17, 15) is 0 Å². The third kappa shape index (κ3) is 5.22. The number of nitrogens with zero attached hydrogens (tertiary/aromatic N) is 4. The minimum Gasteiger partial charge on any atom is -0.350 e. The first-order valence-corrected chi connectivity index (χ1v) is 11.4. The first-order valence-electron chi connectivity index (χ1n) is 10.7. The first-order chi connectivity index (χ1) is 14.7. The summed E-state index contributed by atoms with van der Waals surface area (Å²) in [6.07, 6.45) is 6.03. The van der Waals surface area contributed by atoms with Gasteiger partial charge in [-0.15, -0.1) is 0 Å². The summed E-state index contributed by atoms with van der Waals surface area (Å²) >= 11 is 12.4. The molecule has 3 aromatic rings. The van der Waals surface area contributed by atoms with Crippen LogP contribution in [-0.4, -0.2) is 31.6 Å². The van der Waals surface area contributed by atoms with Crippen LogP contribution in [0.3, 0.4) is 0 Å². The van der Waals surface area contributed by atoms with Crippen molar-refractivity contribution in [3.63, 3.8) is 0 Å². The predicted molar refractivity (Wildman–Crippen MR) is 128 cm³/mol. The van der Waals surface area contributed by atoms with Crippen LogP contribution in [0.2, 0.25) is 10.0 Å². The van der Waals surface area contributed by atoms with Crippen molar-refractivity contribution in [2.24, 2.45) is 11.7 Å². The summed E-state index contributed by atoms with van der Waals surface area (Å²) in [4.78, 5) is 14.1. The fraction of sp³-hybridized carbons (Fsp3) is 0.500. The molecule has 0 unspecified atom stereocenters. The highest BCUT2D eigenvalue weighted by molar-refractivity contribution is 6.35. The molecule has 1 aliphatic carbocycles. The van der Waals surface area contributed by atoms with Gasteiger partial charge in [0.05, 0.1) is 6.20 Å². The molecule has 2 heterocycles. The molecule has 1 saturated carbocycles. The Hall–Kier alpha value is -2.09. The van der Waals surface area contributed by atoms with E-state index in [1.807, 2.05) is 12.1 Å². The number of nitrogens with two attached hydrogens (primary N) is 1. The molecule has 1 aromatic carbocycles. The molecule has 4 N–H and O–H groups in total. The van der Waals surface area contributed by atoms with Gasteiger partial charge in [-0.05, 0) is 77.1 Å². The Morgan fingerprint density at radius 2 is 1.74 bits per heavy atom. The van der Waals surface area contributed by atoms with Crippen molar-refractivity contribution in [1.29, 1.82) is 0 Å². The lowest BCUT2D eigenvalue weighted by atomic mass is 9.86. The number of rotatable bonds is 5. The number of fused-ring (bicyclic) bond motifs is 1. The number of nitrogens with one attached hydrogen (secondary N) is 2. The normalized spacial score (nSPS) is 19.5. The quantitative estimate of drug-likeness (QED) is 0.445. The molecular formula is C22H29Cl2N7. The van der Waals surface area contributed by atoms with Crippen LogP contribution in [0.4, 0.5) is 17.6 Å². The minimum atomic E-state index is -0.143. The average molecular weight is 462 g/mol. The molecule has 4 rings (SSSR count). The standard InChI is InChI=1S/C22H29Cl2N7/c1-22(2,3)30-20-26-12-18-19(29-20)31(17-6-4-13(11-25)5-7-17)21(28-18)27-16-9-14(23)8-15(24)10-16/h8-10,12-13,17H,4-7,11,25H2,1-3H3,(H,27,28)(H,26,29,30)/t13-,17-. The first kappa shape index (κ1) is 22.1. The van der Waals surface area contributed by atoms with Gasteiger partial charge >= 0.3 is 0 Å². The van der Waals surface area contributed by atoms with E-state index < -0.39 is 0 Å². The lowest BCUT2D eigenvalue weighted by Crippen LogP contribution is -2.27. The summed E-state index contributed by atoms with van der Waals surface area (Å²) in [5.74, 6) is 1.89. The van der Waals surface area contributed by atoms with E-state index >= 15 is 0 Å². The Labute approximate surface area is 192 Å². The number of hydrogen-bond acceptors (Lipinski definition) is 6. The second kappa shape index (κ2) is 8.81. The summed E-state index contributed by atoms with van der Waals surface area (Å²) in [5, 5.41) is 7.90. The van der Waals surface area contributed by atoms with Gasteiger partial charge in [0.25, 0.3) is 0 Å². The highest BCUT2D eigenvalue weighted by atomic mass is 35.5. The number of hydrogen-bond donors (Lipinski definition) is 3. The van der Waals surface area contributed by atoms with Crippen molar-refractivity contribution in [2.75, 3.05) is 17.2 Å². The summed E-state index contributed by atoms with van der Waals surface area (Å²) < 4.78 is 2.20. The zero-order valence-electron chi connectivity index (χ0n) is 18.1. The highest BCUT2D eigenvalue weighted by Crippen LogP contribution is 2.37. The third-order valence-electron chi connectivity index (χ3n) is 5.55. The van der Waals surface area contributed by atoms with Crippen LogP contribution in [0.15, 0.2) is 24.4 Å². The van der Waals surface area contributed by atoms with Crippen LogP contribution in [0.1, 0.15) is 52.5 Å². The van der Waals surface area contributed by atoms with Crippen LogP contribution in [0.25, 0.3) is 11.2 Å².